The summed E-state index contributed by atoms with van der Waals surface area (Å²) in [5.41, 5.74) is 1.38. The summed E-state index contributed by atoms with van der Waals surface area (Å²) < 4.78 is 6.41. The first kappa shape index (κ1) is 12.9. The van der Waals surface area contributed by atoms with Crippen molar-refractivity contribution < 1.29 is 14.6 Å². The van der Waals surface area contributed by atoms with Crippen molar-refractivity contribution in [2.45, 2.75) is 19.6 Å². The van der Waals surface area contributed by atoms with Crippen molar-refractivity contribution >= 4 is 28.5 Å². The molecule has 0 fully saturated rings. The number of esters is 1. The van der Waals surface area contributed by atoms with E-state index in [-0.39, 0.29) is 0 Å². The number of aromatic nitrogens is 1. The third-order valence-electron chi connectivity index (χ3n) is 2.95. The second-order valence-electron chi connectivity index (χ2n) is 3.91. The molecule has 96 valence electrons. The van der Waals surface area contributed by atoms with E-state index in [1.807, 2.05) is 23.6 Å². The van der Waals surface area contributed by atoms with Crippen LogP contribution in [0.25, 0.3) is 10.9 Å². The smallest absolute Gasteiger partial charge is 0.340 e. The van der Waals surface area contributed by atoms with Crippen LogP contribution in [0.1, 0.15) is 18.7 Å². The number of methoxy groups -OCH3 is 1. The van der Waals surface area contributed by atoms with Crippen LogP contribution >= 0.6 is 11.6 Å². The number of fused-ring (bicyclic) bond motifs is 1. The molecule has 5 heteroatoms. The third kappa shape index (κ3) is 1.98. The normalized spacial score (nSPS) is 12.7. The zero-order valence-corrected chi connectivity index (χ0v) is 10.9. The average Bonchev–Trinajstić information content (AvgIpc) is 2.76. The van der Waals surface area contributed by atoms with Gasteiger partial charge in [-0.2, -0.15) is 0 Å². The Balaban J connectivity index is 2.64. The maximum atomic E-state index is 11.4. The topological polar surface area (TPSA) is 51.5 Å². The fourth-order valence-corrected chi connectivity index (χ4v) is 2.30. The number of benzene rings is 1. The molecule has 18 heavy (non-hydrogen) atoms. The van der Waals surface area contributed by atoms with E-state index in [1.54, 1.807) is 12.1 Å². The summed E-state index contributed by atoms with van der Waals surface area (Å²) in [5, 5.41) is 11.4. The van der Waals surface area contributed by atoms with Crippen LogP contribution in [-0.2, 0) is 16.1 Å². The summed E-state index contributed by atoms with van der Waals surface area (Å²) in [6.07, 6.45) is -1.29. The number of carbonyl (C=O) groups is 1. The molecule has 4 nitrogen and oxygen atoms in total. The maximum absolute atomic E-state index is 11.4. The Morgan fingerprint density at radius 2 is 2.28 bits per heavy atom. The Hall–Kier alpha value is -1.52. The molecule has 0 radical (unpaired) electrons. The fraction of sp³-hybridized carbons (Fsp3) is 0.308. The lowest BCUT2D eigenvalue weighted by atomic mass is 10.2. The minimum Gasteiger partial charge on any atom is -0.467 e. The summed E-state index contributed by atoms with van der Waals surface area (Å²) >= 11 is 6.11. The first-order chi connectivity index (χ1) is 8.60. The van der Waals surface area contributed by atoms with Crippen LogP contribution in [0.15, 0.2) is 24.3 Å². The van der Waals surface area contributed by atoms with Gasteiger partial charge in [-0.1, -0.05) is 17.7 Å². The van der Waals surface area contributed by atoms with E-state index in [0.717, 1.165) is 10.9 Å². The Kier molecular flexibility index (Phi) is 3.59. The van der Waals surface area contributed by atoms with E-state index < -0.39 is 12.1 Å². The second kappa shape index (κ2) is 5.00. The lowest BCUT2D eigenvalue weighted by molar-refractivity contribution is -0.151. The second-order valence-corrected chi connectivity index (χ2v) is 4.32. The maximum Gasteiger partial charge on any atom is 0.340 e. The van der Waals surface area contributed by atoms with E-state index in [1.165, 1.54) is 7.11 Å². The van der Waals surface area contributed by atoms with Crippen LogP contribution in [0, 0.1) is 0 Å². The summed E-state index contributed by atoms with van der Waals surface area (Å²) in [5.74, 6) is -0.677. The molecule has 0 bridgehead atoms. The predicted molar refractivity (Wildman–Crippen MR) is 69.6 cm³/mol. The molecule has 1 aromatic heterocycles. The van der Waals surface area contributed by atoms with Gasteiger partial charge in [-0.15, -0.1) is 0 Å². The van der Waals surface area contributed by atoms with Gasteiger partial charge >= 0.3 is 5.97 Å². The zero-order chi connectivity index (χ0) is 13.3. The molecule has 2 rings (SSSR count). The number of nitrogens with zero attached hydrogens (tertiary/aromatic N) is 1. The van der Waals surface area contributed by atoms with Gasteiger partial charge in [0.2, 0.25) is 0 Å². The largest absolute Gasteiger partial charge is 0.467 e. The number of ether oxygens (including phenoxy) is 1. The number of hydrogen-bond acceptors (Lipinski definition) is 3. The van der Waals surface area contributed by atoms with Gasteiger partial charge in [-0.3, -0.25) is 0 Å². The van der Waals surface area contributed by atoms with Gasteiger partial charge in [0, 0.05) is 22.5 Å². The van der Waals surface area contributed by atoms with Crippen molar-refractivity contribution in [2.24, 2.45) is 0 Å². The van der Waals surface area contributed by atoms with E-state index >= 15 is 0 Å². The molecule has 0 spiro atoms. The highest BCUT2D eigenvalue weighted by molar-refractivity contribution is 6.35. The summed E-state index contributed by atoms with van der Waals surface area (Å²) in [6.45, 7) is 2.57. The molecule has 0 saturated heterocycles. The Labute approximate surface area is 110 Å². The molecular formula is C13H14ClNO3. The third-order valence-corrected chi connectivity index (χ3v) is 3.28. The molecule has 0 amide bonds. The highest BCUT2D eigenvalue weighted by Gasteiger charge is 2.23. The van der Waals surface area contributed by atoms with Crippen molar-refractivity contribution in [1.82, 2.24) is 4.57 Å². The van der Waals surface area contributed by atoms with Gasteiger partial charge in [-0.25, -0.2) is 4.79 Å². The molecule has 0 saturated carbocycles. The van der Waals surface area contributed by atoms with E-state index in [4.69, 9.17) is 11.6 Å². The van der Waals surface area contributed by atoms with Crippen molar-refractivity contribution in [3.63, 3.8) is 0 Å². The van der Waals surface area contributed by atoms with Gasteiger partial charge in [0.1, 0.15) is 0 Å². The monoisotopic (exact) mass is 267 g/mol. The Morgan fingerprint density at radius 3 is 2.89 bits per heavy atom. The molecule has 1 atom stereocenters. The van der Waals surface area contributed by atoms with Crippen molar-refractivity contribution in [1.29, 1.82) is 0 Å². The molecule has 2 aromatic rings. The van der Waals surface area contributed by atoms with Crippen LogP contribution in [0.5, 0.6) is 0 Å². The first-order valence-electron chi connectivity index (χ1n) is 5.63. The van der Waals surface area contributed by atoms with Gasteiger partial charge in [-0.05, 0) is 25.1 Å². The molecule has 1 heterocycles. The van der Waals surface area contributed by atoms with Crippen molar-refractivity contribution in [3.05, 3.63) is 35.0 Å². The van der Waals surface area contributed by atoms with E-state index in [9.17, 15) is 9.90 Å². The van der Waals surface area contributed by atoms with Gasteiger partial charge in [0.25, 0.3) is 0 Å². The lowest BCUT2D eigenvalue weighted by Gasteiger charge is -2.12. The summed E-state index contributed by atoms with van der Waals surface area (Å²) in [4.78, 5) is 11.4. The number of hydrogen-bond donors (Lipinski definition) is 1. The molecule has 1 N–H and O–H groups in total. The van der Waals surface area contributed by atoms with Crippen LogP contribution in [0.2, 0.25) is 5.02 Å². The van der Waals surface area contributed by atoms with Crippen molar-refractivity contribution in [2.75, 3.05) is 7.11 Å². The molecule has 0 aliphatic rings. The summed E-state index contributed by atoms with van der Waals surface area (Å²) in [7, 11) is 1.25. The fourth-order valence-electron chi connectivity index (χ4n) is 2.08. The minimum absolute atomic E-state index is 0.493. The van der Waals surface area contributed by atoms with Crippen molar-refractivity contribution in [3.8, 4) is 0 Å². The quantitative estimate of drug-likeness (QED) is 0.870. The standard InChI is InChI=1S/C13H14ClNO3/c1-3-15-10-6-4-5-9(14)8(10)7-11(15)12(16)13(17)18-2/h4-7,12,16H,3H2,1-2H3. The highest BCUT2D eigenvalue weighted by atomic mass is 35.5. The number of rotatable bonds is 3. The van der Waals surface area contributed by atoms with E-state index in [0.29, 0.717) is 17.3 Å². The SMILES string of the molecule is CCn1c(C(O)C(=O)OC)cc2c(Cl)cccc21. The van der Waals surface area contributed by atoms with Crippen LogP contribution in [-0.4, -0.2) is 22.8 Å². The Morgan fingerprint density at radius 1 is 1.56 bits per heavy atom. The van der Waals surface area contributed by atoms with Gasteiger partial charge < -0.3 is 14.4 Å². The number of carbonyl (C=O) groups excluding carboxylic acids is 1. The summed E-state index contributed by atoms with van der Waals surface area (Å²) in [6, 6.07) is 7.24. The number of aryl methyl sites for hydroxylation is 1. The first-order valence-corrected chi connectivity index (χ1v) is 6.01. The molecule has 0 aliphatic heterocycles. The predicted octanol–water partition coefficient (Wildman–Crippen LogP) is 2.52. The van der Waals surface area contributed by atoms with Gasteiger partial charge in [0.15, 0.2) is 6.10 Å². The molecule has 1 unspecified atom stereocenters. The molecule has 1 aromatic carbocycles. The molecular weight excluding hydrogens is 254 g/mol. The highest BCUT2D eigenvalue weighted by Crippen LogP contribution is 2.30. The van der Waals surface area contributed by atoms with E-state index in [2.05, 4.69) is 4.74 Å². The zero-order valence-electron chi connectivity index (χ0n) is 10.2. The van der Waals surface area contributed by atoms with Crippen LogP contribution < -0.4 is 0 Å². The minimum atomic E-state index is -1.29. The number of halogens is 1. The molecule has 0 aliphatic carbocycles. The van der Waals surface area contributed by atoms with Crippen LogP contribution in [0.3, 0.4) is 0 Å². The average molecular weight is 268 g/mol. The lowest BCUT2D eigenvalue weighted by Crippen LogP contribution is -2.17. The Bertz CT molecular complexity index is 591. The number of aliphatic hydroxyl groups is 1. The van der Waals surface area contributed by atoms with Gasteiger partial charge in [0.05, 0.1) is 12.8 Å². The van der Waals surface area contributed by atoms with Crippen LogP contribution in [0.4, 0.5) is 0 Å². The number of aliphatic hydroxyl groups excluding tert-OH is 1.